The summed E-state index contributed by atoms with van der Waals surface area (Å²) in [5.41, 5.74) is 2.85. The van der Waals surface area contributed by atoms with E-state index >= 15 is 0 Å². The van der Waals surface area contributed by atoms with Crippen molar-refractivity contribution in [3.63, 3.8) is 0 Å². The van der Waals surface area contributed by atoms with Gasteiger partial charge in [-0.05, 0) is 59.9 Å². The van der Waals surface area contributed by atoms with Gasteiger partial charge >= 0.3 is 0 Å². The van der Waals surface area contributed by atoms with E-state index in [1.54, 1.807) is 25.3 Å². The van der Waals surface area contributed by atoms with Crippen LogP contribution in [0, 0.1) is 18.3 Å². The maximum Gasteiger partial charge on any atom is 0.262 e. The number of amides is 1. The summed E-state index contributed by atoms with van der Waals surface area (Å²) in [5, 5.41) is 12.0. The molecule has 0 aliphatic rings. The lowest BCUT2D eigenvalue weighted by atomic mass is 9.95. The third-order valence-electron chi connectivity index (χ3n) is 3.91. The van der Waals surface area contributed by atoms with Gasteiger partial charge in [-0.1, -0.05) is 13.8 Å². The molecule has 25 heavy (non-hydrogen) atoms. The molecule has 5 heteroatoms. The lowest BCUT2D eigenvalue weighted by Gasteiger charge is -2.15. The van der Waals surface area contributed by atoms with E-state index in [-0.39, 0.29) is 18.0 Å². The van der Waals surface area contributed by atoms with Gasteiger partial charge in [0.15, 0.2) is 0 Å². The first-order chi connectivity index (χ1) is 12.0. The van der Waals surface area contributed by atoms with E-state index < -0.39 is 5.91 Å². The molecular formula is C20H22N2O3. The van der Waals surface area contributed by atoms with Crippen molar-refractivity contribution in [3.8, 4) is 11.8 Å². The summed E-state index contributed by atoms with van der Waals surface area (Å²) in [6.07, 6.45) is 3.15. The highest BCUT2D eigenvalue weighted by molar-refractivity contribution is 6.01. The van der Waals surface area contributed by atoms with Crippen molar-refractivity contribution >= 4 is 12.0 Å². The van der Waals surface area contributed by atoms with Gasteiger partial charge in [-0.2, -0.15) is 5.26 Å². The number of carbonyl (C=O) groups is 1. The van der Waals surface area contributed by atoms with Gasteiger partial charge in [0.05, 0.1) is 19.9 Å². The van der Waals surface area contributed by atoms with Crippen LogP contribution < -0.4 is 10.1 Å². The summed E-state index contributed by atoms with van der Waals surface area (Å²) in [4.78, 5) is 12.3. The third kappa shape index (κ3) is 4.51. The molecule has 1 aromatic carbocycles. The highest BCUT2D eigenvalue weighted by atomic mass is 16.5. The molecule has 1 aromatic heterocycles. The van der Waals surface area contributed by atoms with Crippen LogP contribution in [0.3, 0.4) is 0 Å². The van der Waals surface area contributed by atoms with Crippen LogP contribution >= 0.6 is 0 Å². The summed E-state index contributed by atoms with van der Waals surface area (Å²) < 4.78 is 10.6. The number of nitriles is 1. The van der Waals surface area contributed by atoms with E-state index in [4.69, 9.17) is 9.15 Å². The van der Waals surface area contributed by atoms with Crippen LogP contribution in [-0.2, 0) is 11.3 Å². The Balaban J connectivity index is 2.27. The van der Waals surface area contributed by atoms with Gasteiger partial charge in [-0.3, -0.25) is 4.79 Å². The van der Waals surface area contributed by atoms with Crippen molar-refractivity contribution in [2.45, 2.75) is 33.2 Å². The number of rotatable bonds is 6. The molecule has 0 spiro atoms. The summed E-state index contributed by atoms with van der Waals surface area (Å²) in [6.45, 7) is 6.31. The van der Waals surface area contributed by atoms with E-state index in [1.807, 2.05) is 25.1 Å². The molecule has 0 fully saturated rings. The van der Waals surface area contributed by atoms with Gasteiger partial charge in [0, 0.05) is 0 Å². The Bertz CT molecular complexity index is 812. The fourth-order valence-corrected chi connectivity index (χ4v) is 2.48. The maximum absolute atomic E-state index is 12.3. The molecule has 0 saturated heterocycles. The quantitative estimate of drug-likeness (QED) is 0.639. The zero-order valence-corrected chi connectivity index (χ0v) is 14.9. The van der Waals surface area contributed by atoms with Gasteiger partial charge in [0.1, 0.15) is 23.2 Å². The number of methoxy groups -OCH3 is 1. The van der Waals surface area contributed by atoms with Crippen LogP contribution in [0.25, 0.3) is 6.08 Å². The maximum atomic E-state index is 12.3. The molecule has 1 heterocycles. The SMILES string of the molecule is COc1cc(C)c(C=C(C#N)C(=O)NCc2ccco2)cc1C(C)C. The van der Waals surface area contributed by atoms with Crippen LogP contribution in [0.2, 0.25) is 0 Å². The molecule has 0 radical (unpaired) electrons. The number of hydrogen-bond donors (Lipinski definition) is 1. The number of ether oxygens (including phenoxy) is 1. The van der Waals surface area contributed by atoms with Gasteiger partial charge in [-0.25, -0.2) is 0 Å². The minimum absolute atomic E-state index is 0.0505. The van der Waals surface area contributed by atoms with Crippen molar-refractivity contribution in [1.82, 2.24) is 5.32 Å². The van der Waals surface area contributed by atoms with Crippen LogP contribution in [0.1, 0.15) is 42.2 Å². The molecule has 2 aromatic rings. The lowest BCUT2D eigenvalue weighted by molar-refractivity contribution is -0.117. The smallest absolute Gasteiger partial charge is 0.262 e. The molecule has 0 bridgehead atoms. The molecule has 0 aliphatic carbocycles. The Labute approximate surface area is 147 Å². The van der Waals surface area contributed by atoms with Gasteiger partial charge in [-0.15, -0.1) is 0 Å². The fourth-order valence-electron chi connectivity index (χ4n) is 2.48. The van der Waals surface area contributed by atoms with E-state index in [2.05, 4.69) is 19.2 Å². The number of nitrogens with zero attached hydrogens (tertiary/aromatic N) is 1. The predicted octanol–water partition coefficient (Wildman–Crippen LogP) is 3.94. The molecule has 0 saturated carbocycles. The van der Waals surface area contributed by atoms with Crippen molar-refractivity contribution < 1.29 is 13.9 Å². The lowest BCUT2D eigenvalue weighted by Crippen LogP contribution is -2.23. The first-order valence-electron chi connectivity index (χ1n) is 8.07. The van der Waals surface area contributed by atoms with E-state index in [1.165, 1.54) is 6.26 Å². The first-order valence-corrected chi connectivity index (χ1v) is 8.07. The second-order valence-corrected chi connectivity index (χ2v) is 6.04. The van der Waals surface area contributed by atoms with Crippen LogP contribution in [0.15, 0.2) is 40.5 Å². The van der Waals surface area contributed by atoms with E-state index in [0.717, 1.165) is 22.4 Å². The summed E-state index contributed by atoms with van der Waals surface area (Å²) in [7, 11) is 1.64. The number of nitrogens with one attached hydrogen (secondary N) is 1. The molecule has 1 N–H and O–H groups in total. The molecule has 0 atom stereocenters. The minimum Gasteiger partial charge on any atom is -0.496 e. The Morgan fingerprint density at radius 3 is 2.76 bits per heavy atom. The Morgan fingerprint density at radius 2 is 2.20 bits per heavy atom. The summed E-state index contributed by atoms with van der Waals surface area (Å²) in [5.74, 6) is 1.28. The molecular weight excluding hydrogens is 316 g/mol. The summed E-state index contributed by atoms with van der Waals surface area (Å²) >= 11 is 0. The van der Waals surface area contributed by atoms with Gasteiger partial charge in [0.25, 0.3) is 5.91 Å². The normalized spacial score (nSPS) is 11.3. The van der Waals surface area contributed by atoms with Crippen molar-refractivity contribution in [2.75, 3.05) is 7.11 Å². The van der Waals surface area contributed by atoms with Crippen molar-refractivity contribution in [3.05, 3.63) is 58.6 Å². The highest BCUT2D eigenvalue weighted by Crippen LogP contribution is 2.30. The average molecular weight is 338 g/mol. The standard InChI is InChI=1S/C20H22N2O3/c1-13(2)18-10-15(14(3)8-19(18)24-4)9-16(11-21)20(23)22-12-17-6-5-7-25-17/h5-10,13H,12H2,1-4H3,(H,22,23). The molecule has 0 aliphatic heterocycles. The molecule has 5 nitrogen and oxygen atoms in total. The first kappa shape index (κ1) is 18.3. The Kier molecular flexibility index (Phi) is 6.02. The zero-order valence-electron chi connectivity index (χ0n) is 14.9. The van der Waals surface area contributed by atoms with Gasteiger partial charge in [0.2, 0.25) is 0 Å². The van der Waals surface area contributed by atoms with Crippen molar-refractivity contribution in [1.29, 1.82) is 5.26 Å². The zero-order chi connectivity index (χ0) is 18.4. The predicted molar refractivity (Wildman–Crippen MR) is 96.0 cm³/mol. The monoisotopic (exact) mass is 338 g/mol. The van der Waals surface area contributed by atoms with Crippen LogP contribution in [0.4, 0.5) is 0 Å². The average Bonchev–Trinajstić information content (AvgIpc) is 3.11. The number of hydrogen-bond acceptors (Lipinski definition) is 4. The van der Waals surface area contributed by atoms with Crippen LogP contribution in [0.5, 0.6) is 5.75 Å². The van der Waals surface area contributed by atoms with E-state index in [9.17, 15) is 10.1 Å². The third-order valence-corrected chi connectivity index (χ3v) is 3.91. The topological polar surface area (TPSA) is 75.3 Å². The Hall–Kier alpha value is -3.00. The number of furan rings is 1. The van der Waals surface area contributed by atoms with Gasteiger partial charge < -0.3 is 14.5 Å². The Morgan fingerprint density at radius 1 is 1.44 bits per heavy atom. The summed E-state index contributed by atoms with van der Waals surface area (Å²) in [6, 6.07) is 9.38. The molecule has 0 unspecified atom stereocenters. The number of benzene rings is 1. The van der Waals surface area contributed by atoms with Crippen molar-refractivity contribution in [2.24, 2.45) is 0 Å². The molecule has 130 valence electrons. The highest BCUT2D eigenvalue weighted by Gasteiger charge is 2.13. The largest absolute Gasteiger partial charge is 0.496 e. The number of aryl methyl sites for hydroxylation is 1. The second-order valence-electron chi connectivity index (χ2n) is 6.04. The fraction of sp³-hybridized carbons (Fsp3) is 0.300. The van der Waals surface area contributed by atoms with Crippen LogP contribution in [-0.4, -0.2) is 13.0 Å². The molecule has 2 rings (SSSR count). The number of carbonyl (C=O) groups excluding carboxylic acids is 1. The molecule has 1 amide bonds. The minimum atomic E-state index is -0.430. The van der Waals surface area contributed by atoms with E-state index in [0.29, 0.717) is 5.76 Å². The second kappa shape index (κ2) is 8.20.